The van der Waals surface area contributed by atoms with E-state index in [1.807, 2.05) is 19.1 Å². The number of rotatable bonds is 2. The van der Waals surface area contributed by atoms with Crippen LogP contribution in [0.15, 0.2) is 17.1 Å². The molecule has 0 spiro atoms. The van der Waals surface area contributed by atoms with Crippen LogP contribution < -0.4 is 20.5 Å². The van der Waals surface area contributed by atoms with Crippen LogP contribution in [0.4, 0.5) is 0 Å². The Hall–Kier alpha value is -2.24. The molecule has 2 heterocycles. The molecule has 3 rings (SSSR count). The van der Waals surface area contributed by atoms with Gasteiger partial charge in [0.25, 0.3) is 5.91 Å². The molecule has 6 heteroatoms. The first kappa shape index (κ1) is 11.8. The molecule has 0 bridgehead atoms. The number of benzene rings is 1. The van der Waals surface area contributed by atoms with Crippen LogP contribution in [0.5, 0.6) is 11.5 Å². The van der Waals surface area contributed by atoms with Crippen LogP contribution in [-0.4, -0.2) is 25.1 Å². The lowest BCUT2D eigenvalue weighted by Crippen LogP contribution is -2.31. The monoisotopic (exact) mass is 261 g/mol. The highest BCUT2D eigenvalue weighted by Crippen LogP contribution is 2.39. The average molecular weight is 261 g/mol. The van der Waals surface area contributed by atoms with Crippen molar-refractivity contribution < 1.29 is 14.3 Å². The maximum absolute atomic E-state index is 11.8. The summed E-state index contributed by atoms with van der Waals surface area (Å²) in [6, 6.07) is 3.06. The summed E-state index contributed by atoms with van der Waals surface area (Å²) in [5.74, 6) is 1.31. The van der Waals surface area contributed by atoms with Gasteiger partial charge in [-0.25, -0.2) is 4.99 Å². The van der Waals surface area contributed by atoms with Crippen LogP contribution in [-0.2, 0) is 11.2 Å². The van der Waals surface area contributed by atoms with Crippen LogP contribution in [0.1, 0.15) is 24.1 Å². The first-order chi connectivity index (χ1) is 9.08. The molecule has 3 N–H and O–H groups in total. The van der Waals surface area contributed by atoms with Crippen LogP contribution in [0.2, 0.25) is 0 Å². The molecule has 6 nitrogen and oxygen atoms in total. The Morgan fingerprint density at radius 3 is 2.95 bits per heavy atom. The molecule has 1 amide bonds. The molecular formula is C13H15N3O3. The fraction of sp³-hybridized carbons (Fsp3) is 0.385. The number of hydrogen-bond donors (Lipinski definition) is 2. The number of nitrogens with one attached hydrogen (secondary N) is 1. The van der Waals surface area contributed by atoms with Gasteiger partial charge in [0, 0.05) is 17.5 Å². The summed E-state index contributed by atoms with van der Waals surface area (Å²) < 4.78 is 11.1. The summed E-state index contributed by atoms with van der Waals surface area (Å²) in [4.78, 5) is 15.9. The van der Waals surface area contributed by atoms with Crippen molar-refractivity contribution in [1.29, 1.82) is 0 Å². The third kappa shape index (κ3) is 1.89. The number of carbonyl (C=O) groups excluding carboxylic acids is 1. The molecule has 100 valence electrons. The number of nitrogens with two attached hydrogens (primary N) is 1. The van der Waals surface area contributed by atoms with E-state index in [0.29, 0.717) is 11.3 Å². The maximum Gasteiger partial charge on any atom is 0.256 e. The number of fused-ring (bicyclic) bond motifs is 1. The van der Waals surface area contributed by atoms with E-state index < -0.39 is 6.04 Å². The largest absolute Gasteiger partial charge is 0.496 e. The highest BCUT2D eigenvalue weighted by atomic mass is 16.5. The van der Waals surface area contributed by atoms with Crippen molar-refractivity contribution in [1.82, 2.24) is 5.32 Å². The van der Waals surface area contributed by atoms with E-state index in [0.717, 1.165) is 17.7 Å². The van der Waals surface area contributed by atoms with Gasteiger partial charge in [-0.1, -0.05) is 0 Å². The van der Waals surface area contributed by atoms with Crippen LogP contribution in [0, 0.1) is 0 Å². The Labute approximate surface area is 110 Å². The molecule has 0 saturated heterocycles. The maximum atomic E-state index is 11.8. The van der Waals surface area contributed by atoms with Crippen molar-refractivity contribution in [2.45, 2.75) is 25.5 Å². The first-order valence-electron chi connectivity index (χ1n) is 6.10. The first-order valence-corrected chi connectivity index (χ1v) is 6.10. The third-order valence-electron chi connectivity index (χ3n) is 3.31. The molecule has 0 radical (unpaired) electrons. The molecule has 2 aliphatic rings. The van der Waals surface area contributed by atoms with Gasteiger partial charge in [-0.05, 0) is 19.1 Å². The predicted molar refractivity (Wildman–Crippen MR) is 69.3 cm³/mol. The minimum absolute atomic E-state index is 0.131. The van der Waals surface area contributed by atoms with Gasteiger partial charge in [-0.2, -0.15) is 0 Å². The van der Waals surface area contributed by atoms with Crippen LogP contribution in [0.25, 0.3) is 0 Å². The van der Waals surface area contributed by atoms with E-state index in [1.54, 1.807) is 7.11 Å². The number of amides is 1. The Morgan fingerprint density at radius 1 is 1.53 bits per heavy atom. The van der Waals surface area contributed by atoms with Crippen molar-refractivity contribution >= 4 is 11.9 Å². The van der Waals surface area contributed by atoms with Gasteiger partial charge in [0.05, 0.1) is 7.11 Å². The molecule has 2 unspecified atom stereocenters. The molecule has 1 aromatic rings. The lowest BCUT2D eigenvalue weighted by molar-refractivity contribution is -0.120. The van der Waals surface area contributed by atoms with E-state index in [1.165, 1.54) is 0 Å². The molecule has 0 saturated carbocycles. The molecule has 0 fully saturated rings. The SMILES string of the molecule is COc1cc2c(cc1C1N=C(N)NC1=O)OC(C)C2. The lowest BCUT2D eigenvalue weighted by Gasteiger charge is -2.13. The topological polar surface area (TPSA) is 85.9 Å². The normalized spacial score (nSPS) is 24.5. The van der Waals surface area contributed by atoms with Gasteiger partial charge in [-0.15, -0.1) is 0 Å². The number of carbonyl (C=O) groups is 1. The molecule has 19 heavy (non-hydrogen) atoms. The Balaban J connectivity index is 2.06. The van der Waals surface area contributed by atoms with Crippen LogP contribution >= 0.6 is 0 Å². The van der Waals surface area contributed by atoms with Crippen molar-refractivity contribution in [3.63, 3.8) is 0 Å². The number of ether oxygens (including phenoxy) is 2. The summed E-state index contributed by atoms with van der Waals surface area (Å²) >= 11 is 0. The lowest BCUT2D eigenvalue weighted by atomic mass is 10.0. The van der Waals surface area contributed by atoms with Gasteiger partial charge < -0.3 is 15.2 Å². The zero-order valence-corrected chi connectivity index (χ0v) is 10.8. The number of guanidine groups is 1. The predicted octanol–water partition coefficient (Wildman–Crippen LogP) is 0.504. The summed E-state index contributed by atoms with van der Waals surface area (Å²) in [6.45, 7) is 2.00. The summed E-state index contributed by atoms with van der Waals surface area (Å²) in [6.07, 6.45) is 0.981. The molecule has 2 atom stereocenters. The number of methoxy groups -OCH3 is 1. The minimum Gasteiger partial charge on any atom is -0.496 e. The van der Waals surface area contributed by atoms with E-state index in [2.05, 4.69) is 10.3 Å². The average Bonchev–Trinajstić information content (AvgIpc) is 2.88. The second kappa shape index (κ2) is 4.15. The molecule has 1 aromatic carbocycles. The second-order valence-electron chi connectivity index (χ2n) is 4.74. The molecular weight excluding hydrogens is 246 g/mol. The van der Waals surface area contributed by atoms with Gasteiger partial charge >= 0.3 is 0 Å². The zero-order chi connectivity index (χ0) is 13.6. The van der Waals surface area contributed by atoms with Crippen molar-refractivity contribution in [2.24, 2.45) is 10.7 Å². The summed E-state index contributed by atoms with van der Waals surface area (Å²) in [7, 11) is 1.57. The standard InChI is InChI=1S/C13H15N3O3/c1-6-3-7-4-10(18-2)8(5-9(7)19-6)11-12(17)16-13(14)15-11/h4-6,11H,3H2,1-2H3,(H3,14,15,16,17). The smallest absolute Gasteiger partial charge is 0.256 e. The molecule has 2 aliphatic heterocycles. The van der Waals surface area contributed by atoms with E-state index in [4.69, 9.17) is 15.2 Å². The zero-order valence-electron chi connectivity index (χ0n) is 10.8. The van der Waals surface area contributed by atoms with Crippen molar-refractivity contribution in [3.05, 3.63) is 23.3 Å². The van der Waals surface area contributed by atoms with Gasteiger partial charge in [0.2, 0.25) is 0 Å². The highest BCUT2D eigenvalue weighted by molar-refractivity contribution is 6.04. The minimum atomic E-state index is -0.667. The third-order valence-corrected chi connectivity index (χ3v) is 3.31. The van der Waals surface area contributed by atoms with E-state index in [9.17, 15) is 4.79 Å². The van der Waals surface area contributed by atoms with Crippen molar-refractivity contribution in [2.75, 3.05) is 7.11 Å². The molecule has 0 aromatic heterocycles. The van der Waals surface area contributed by atoms with Gasteiger partial charge in [0.1, 0.15) is 17.6 Å². The number of nitrogens with zero attached hydrogens (tertiary/aromatic N) is 1. The van der Waals surface area contributed by atoms with Crippen LogP contribution in [0.3, 0.4) is 0 Å². The fourth-order valence-electron chi connectivity index (χ4n) is 2.48. The highest BCUT2D eigenvalue weighted by Gasteiger charge is 2.31. The fourth-order valence-corrected chi connectivity index (χ4v) is 2.48. The van der Waals surface area contributed by atoms with E-state index in [-0.39, 0.29) is 18.0 Å². The Kier molecular flexibility index (Phi) is 2.58. The summed E-state index contributed by atoms with van der Waals surface area (Å²) in [5, 5.41) is 2.49. The van der Waals surface area contributed by atoms with Gasteiger partial charge in [-0.3, -0.25) is 10.1 Å². The Bertz CT molecular complexity index is 583. The van der Waals surface area contributed by atoms with Gasteiger partial charge in [0.15, 0.2) is 12.0 Å². The number of aliphatic imine (C=N–C) groups is 1. The molecule has 0 aliphatic carbocycles. The van der Waals surface area contributed by atoms with Crippen molar-refractivity contribution in [3.8, 4) is 11.5 Å². The Morgan fingerprint density at radius 2 is 2.32 bits per heavy atom. The quantitative estimate of drug-likeness (QED) is 0.812. The number of hydrogen-bond acceptors (Lipinski definition) is 5. The second-order valence-corrected chi connectivity index (χ2v) is 4.74. The summed E-state index contributed by atoms with van der Waals surface area (Å²) in [5.41, 5.74) is 7.29. The van der Waals surface area contributed by atoms with E-state index >= 15 is 0 Å².